The number of hydrogen-bond donors (Lipinski definition) is 0. The molecule has 0 spiro atoms. The van der Waals surface area contributed by atoms with Crippen molar-refractivity contribution in [2.24, 2.45) is 0 Å². The monoisotopic (exact) mass is 236 g/mol. The Morgan fingerprint density at radius 1 is 1.35 bits per heavy atom. The van der Waals surface area contributed by atoms with E-state index in [1.807, 2.05) is 13.0 Å². The maximum Gasteiger partial charge on any atom is 0.342 e. The van der Waals surface area contributed by atoms with Gasteiger partial charge in [0.1, 0.15) is 11.7 Å². The van der Waals surface area contributed by atoms with Crippen LogP contribution in [0.1, 0.15) is 22.8 Å². The first-order valence-electron chi connectivity index (χ1n) is 5.41. The van der Waals surface area contributed by atoms with Crippen molar-refractivity contribution in [1.82, 2.24) is 0 Å². The van der Waals surface area contributed by atoms with Crippen molar-refractivity contribution >= 4 is 5.97 Å². The Morgan fingerprint density at radius 2 is 2.12 bits per heavy atom. The summed E-state index contributed by atoms with van der Waals surface area (Å²) in [4.78, 5) is 11.9. The fourth-order valence-electron chi connectivity index (χ4n) is 2.22. The SMILES string of the molecule is COc1cc2c(c3c1OCO3)C(=O)O[C@H](C)C2. The molecule has 1 aromatic rings. The number of esters is 1. The molecule has 1 aromatic carbocycles. The number of carbonyl (C=O) groups is 1. The number of benzene rings is 1. The van der Waals surface area contributed by atoms with E-state index in [-0.39, 0.29) is 18.9 Å². The van der Waals surface area contributed by atoms with Crippen LogP contribution in [0.2, 0.25) is 0 Å². The van der Waals surface area contributed by atoms with E-state index in [0.717, 1.165) is 5.56 Å². The lowest BCUT2D eigenvalue weighted by Gasteiger charge is -2.23. The molecule has 2 heterocycles. The summed E-state index contributed by atoms with van der Waals surface area (Å²) in [6.45, 7) is 1.96. The zero-order chi connectivity index (χ0) is 12.0. The van der Waals surface area contributed by atoms with Crippen molar-refractivity contribution in [3.63, 3.8) is 0 Å². The summed E-state index contributed by atoms with van der Waals surface area (Å²) in [6.07, 6.45) is 0.536. The maximum absolute atomic E-state index is 11.9. The summed E-state index contributed by atoms with van der Waals surface area (Å²) >= 11 is 0. The van der Waals surface area contributed by atoms with Gasteiger partial charge in [-0.3, -0.25) is 0 Å². The summed E-state index contributed by atoms with van der Waals surface area (Å²) in [5.41, 5.74) is 1.35. The number of ether oxygens (including phenoxy) is 4. The highest BCUT2D eigenvalue weighted by atomic mass is 16.7. The molecule has 2 aliphatic rings. The predicted octanol–water partition coefficient (Wildman–Crippen LogP) is 1.53. The molecule has 0 saturated carbocycles. The molecule has 0 aliphatic carbocycles. The number of carbonyl (C=O) groups excluding carboxylic acids is 1. The molecule has 0 amide bonds. The Bertz CT molecular complexity index is 494. The minimum atomic E-state index is -0.358. The molecular formula is C12H12O5. The first-order valence-corrected chi connectivity index (χ1v) is 5.41. The normalized spacial score (nSPS) is 20.8. The molecule has 0 unspecified atom stereocenters. The smallest absolute Gasteiger partial charge is 0.342 e. The zero-order valence-corrected chi connectivity index (χ0v) is 9.61. The summed E-state index contributed by atoms with van der Waals surface area (Å²) in [6, 6.07) is 1.82. The number of hydrogen-bond acceptors (Lipinski definition) is 5. The minimum absolute atomic E-state index is 0.102. The van der Waals surface area contributed by atoms with Crippen molar-refractivity contribution in [2.45, 2.75) is 19.4 Å². The number of rotatable bonds is 1. The van der Waals surface area contributed by atoms with Crippen molar-refractivity contribution in [1.29, 1.82) is 0 Å². The number of fused-ring (bicyclic) bond motifs is 3. The molecule has 0 bridgehead atoms. The van der Waals surface area contributed by atoms with Crippen LogP contribution in [0.25, 0.3) is 0 Å². The van der Waals surface area contributed by atoms with Gasteiger partial charge in [0, 0.05) is 6.42 Å². The highest BCUT2D eigenvalue weighted by Gasteiger charge is 2.34. The fraction of sp³-hybridized carbons (Fsp3) is 0.417. The lowest BCUT2D eigenvalue weighted by molar-refractivity contribution is 0.0296. The van der Waals surface area contributed by atoms with Crippen LogP contribution in [-0.4, -0.2) is 26.0 Å². The van der Waals surface area contributed by atoms with Crippen LogP contribution in [-0.2, 0) is 11.2 Å². The third-order valence-corrected chi connectivity index (χ3v) is 2.93. The van der Waals surface area contributed by atoms with E-state index in [1.165, 1.54) is 0 Å². The van der Waals surface area contributed by atoms with E-state index in [2.05, 4.69) is 0 Å². The molecule has 3 rings (SSSR count). The van der Waals surface area contributed by atoms with Gasteiger partial charge in [-0.05, 0) is 18.6 Å². The molecule has 0 saturated heterocycles. The number of methoxy groups -OCH3 is 1. The van der Waals surface area contributed by atoms with Crippen LogP contribution in [0.4, 0.5) is 0 Å². The first kappa shape index (κ1) is 10.3. The Kier molecular flexibility index (Phi) is 2.14. The largest absolute Gasteiger partial charge is 0.493 e. The zero-order valence-electron chi connectivity index (χ0n) is 9.61. The van der Waals surface area contributed by atoms with Crippen LogP contribution < -0.4 is 14.2 Å². The van der Waals surface area contributed by atoms with Gasteiger partial charge in [-0.25, -0.2) is 4.79 Å². The van der Waals surface area contributed by atoms with Crippen LogP contribution in [0.5, 0.6) is 17.2 Å². The molecule has 17 heavy (non-hydrogen) atoms. The van der Waals surface area contributed by atoms with Gasteiger partial charge in [-0.15, -0.1) is 0 Å². The van der Waals surface area contributed by atoms with Gasteiger partial charge in [0.15, 0.2) is 11.5 Å². The molecule has 5 heteroatoms. The van der Waals surface area contributed by atoms with Crippen molar-refractivity contribution in [3.8, 4) is 17.2 Å². The second-order valence-electron chi connectivity index (χ2n) is 4.10. The maximum atomic E-state index is 11.9. The van der Waals surface area contributed by atoms with Gasteiger partial charge < -0.3 is 18.9 Å². The number of cyclic esters (lactones) is 1. The Labute approximate surface area is 98.2 Å². The van der Waals surface area contributed by atoms with Gasteiger partial charge in [0.2, 0.25) is 12.5 Å². The summed E-state index contributed by atoms with van der Waals surface area (Å²) in [5, 5.41) is 0. The predicted molar refractivity (Wildman–Crippen MR) is 57.7 cm³/mol. The lowest BCUT2D eigenvalue weighted by Crippen LogP contribution is -2.25. The van der Waals surface area contributed by atoms with Crippen molar-refractivity contribution in [3.05, 3.63) is 17.2 Å². The van der Waals surface area contributed by atoms with E-state index in [4.69, 9.17) is 18.9 Å². The second-order valence-corrected chi connectivity index (χ2v) is 4.10. The van der Waals surface area contributed by atoms with Crippen molar-refractivity contribution in [2.75, 3.05) is 13.9 Å². The highest BCUT2D eigenvalue weighted by Crippen LogP contribution is 2.46. The third-order valence-electron chi connectivity index (χ3n) is 2.93. The molecule has 1 atom stereocenters. The second kappa shape index (κ2) is 3.55. The summed E-state index contributed by atoms with van der Waals surface area (Å²) < 4.78 is 21.1. The van der Waals surface area contributed by atoms with E-state index >= 15 is 0 Å². The third kappa shape index (κ3) is 1.42. The Hall–Kier alpha value is -1.91. The van der Waals surface area contributed by atoms with Gasteiger partial charge in [-0.2, -0.15) is 0 Å². The first-order chi connectivity index (χ1) is 8.20. The van der Waals surface area contributed by atoms with Crippen molar-refractivity contribution < 1.29 is 23.7 Å². The van der Waals surface area contributed by atoms with E-state index in [9.17, 15) is 4.79 Å². The lowest BCUT2D eigenvalue weighted by atomic mass is 9.97. The average molecular weight is 236 g/mol. The van der Waals surface area contributed by atoms with Crippen LogP contribution in [0, 0.1) is 0 Å². The molecule has 90 valence electrons. The molecule has 0 N–H and O–H groups in total. The molecule has 0 fully saturated rings. The fourth-order valence-corrected chi connectivity index (χ4v) is 2.22. The van der Waals surface area contributed by atoms with Gasteiger partial charge in [0.25, 0.3) is 0 Å². The quantitative estimate of drug-likeness (QED) is 0.692. The molecule has 0 radical (unpaired) electrons. The minimum Gasteiger partial charge on any atom is -0.493 e. The Balaban J connectivity index is 2.22. The standard InChI is InChI=1S/C12H12O5/c1-6-3-7-4-8(14-2)10-11(16-5-15-10)9(7)12(13)17-6/h4,6H,3,5H2,1-2H3/t6-/m1/s1. The molecule has 0 aromatic heterocycles. The van der Waals surface area contributed by atoms with E-state index in [0.29, 0.717) is 29.2 Å². The Morgan fingerprint density at radius 3 is 2.88 bits per heavy atom. The summed E-state index contributed by atoms with van der Waals surface area (Å²) in [5.74, 6) is 1.16. The van der Waals surface area contributed by atoms with Gasteiger partial charge in [-0.1, -0.05) is 0 Å². The van der Waals surface area contributed by atoms with Crippen LogP contribution >= 0.6 is 0 Å². The highest BCUT2D eigenvalue weighted by molar-refractivity contribution is 5.97. The summed E-state index contributed by atoms with van der Waals surface area (Å²) in [7, 11) is 1.56. The topological polar surface area (TPSA) is 54.0 Å². The van der Waals surface area contributed by atoms with E-state index < -0.39 is 0 Å². The molecule has 5 nitrogen and oxygen atoms in total. The van der Waals surface area contributed by atoms with Gasteiger partial charge >= 0.3 is 5.97 Å². The molecular weight excluding hydrogens is 224 g/mol. The van der Waals surface area contributed by atoms with E-state index in [1.54, 1.807) is 7.11 Å². The van der Waals surface area contributed by atoms with Gasteiger partial charge in [0.05, 0.1) is 7.11 Å². The van der Waals surface area contributed by atoms with Crippen LogP contribution in [0.3, 0.4) is 0 Å². The van der Waals surface area contributed by atoms with Crippen LogP contribution in [0.15, 0.2) is 6.07 Å². The molecule has 2 aliphatic heterocycles. The average Bonchev–Trinajstić information content (AvgIpc) is 2.75.